The fourth-order valence-corrected chi connectivity index (χ4v) is 2.05. The molecule has 2 aromatic carbocycles. The van der Waals surface area contributed by atoms with E-state index in [0.29, 0.717) is 29.4 Å². The number of hydrogen-bond acceptors (Lipinski definition) is 5. The van der Waals surface area contributed by atoms with Crippen molar-refractivity contribution >= 4 is 11.4 Å². The van der Waals surface area contributed by atoms with Crippen molar-refractivity contribution in [3.63, 3.8) is 0 Å². The summed E-state index contributed by atoms with van der Waals surface area (Å²) < 4.78 is 10.4. The van der Waals surface area contributed by atoms with Crippen LogP contribution in [0.2, 0.25) is 0 Å². The molecular formula is C16H20N2O3. The van der Waals surface area contributed by atoms with E-state index in [2.05, 4.69) is 5.32 Å². The van der Waals surface area contributed by atoms with Crippen LogP contribution in [0, 0.1) is 0 Å². The lowest BCUT2D eigenvalue weighted by atomic mass is 10.1. The van der Waals surface area contributed by atoms with Gasteiger partial charge in [0.25, 0.3) is 0 Å². The Balaban J connectivity index is 2.09. The predicted molar refractivity (Wildman–Crippen MR) is 83.8 cm³/mol. The topological polar surface area (TPSA) is 76.7 Å². The smallest absolute Gasteiger partial charge is 0.162 e. The molecule has 0 bridgehead atoms. The van der Waals surface area contributed by atoms with Gasteiger partial charge in [-0.05, 0) is 5.56 Å². The van der Waals surface area contributed by atoms with Gasteiger partial charge in [-0.2, -0.15) is 0 Å². The number of hydrogen-bond donors (Lipinski definition) is 3. The first-order valence-electron chi connectivity index (χ1n) is 6.64. The molecule has 2 rings (SSSR count). The first kappa shape index (κ1) is 15.0. The summed E-state index contributed by atoms with van der Waals surface area (Å²) in [5.74, 6) is 1.16. The van der Waals surface area contributed by atoms with Gasteiger partial charge in [-0.25, -0.2) is 0 Å². The standard InChI is InChI=1S/C16H20N2O3/c1-20-15-8-12(17)13(9-16(15)21-2)18-10-14(19)11-6-4-3-5-7-11/h3-9,14,18-19H,10,17H2,1-2H3. The van der Waals surface area contributed by atoms with E-state index in [4.69, 9.17) is 15.2 Å². The van der Waals surface area contributed by atoms with E-state index in [0.717, 1.165) is 5.56 Å². The number of nitrogens with one attached hydrogen (secondary N) is 1. The fraction of sp³-hybridized carbons (Fsp3) is 0.250. The van der Waals surface area contributed by atoms with Crippen LogP contribution in [0.3, 0.4) is 0 Å². The molecule has 0 aliphatic heterocycles. The SMILES string of the molecule is COc1cc(N)c(NCC(O)c2ccccc2)cc1OC. The molecule has 1 unspecified atom stereocenters. The van der Waals surface area contributed by atoms with Gasteiger partial charge in [0.05, 0.1) is 31.7 Å². The molecule has 1 atom stereocenters. The molecule has 4 N–H and O–H groups in total. The number of benzene rings is 2. The quantitative estimate of drug-likeness (QED) is 0.712. The minimum atomic E-state index is -0.612. The zero-order valence-electron chi connectivity index (χ0n) is 12.2. The van der Waals surface area contributed by atoms with Gasteiger partial charge in [0.1, 0.15) is 0 Å². The lowest BCUT2D eigenvalue weighted by Gasteiger charge is -2.16. The van der Waals surface area contributed by atoms with Crippen molar-refractivity contribution in [3.05, 3.63) is 48.0 Å². The number of aliphatic hydroxyl groups excluding tert-OH is 1. The van der Waals surface area contributed by atoms with Gasteiger partial charge >= 0.3 is 0 Å². The molecule has 0 aliphatic carbocycles. The molecule has 0 amide bonds. The second kappa shape index (κ2) is 6.85. The van der Waals surface area contributed by atoms with Gasteiger partial charge in [-0.1, -0.05) is 30.3 Å². The molecule has 0 radical (unpaired) electrons. The van der Waals surface area contributed by atoms with Gasteiger partial charge in [-0.3, -0.25) is 0 Å². The number of aliphatic hydroxyl groups is 1. The van der Waals surface area contributed by atoms with Crippen LogP contribution in [-0.4, -0.2) is 25.9 Å². The van der Waals surface area contributed by atoms with Crippen molar-refractivity contribution < 1.29 is 14.6 Å². The first-order valence-corrected chi connectivity index (χ1v) is 6.64. The largest absolute Gasteiger partial charge is 0.493 e. The van der Waals surface area contributed by atoms with Crippen molar-refractivity contribution in [2.24, 2.45) is 0 Å². The van der Waals surface area contributed by atoms with E-state index in [1.165, 1.54) is 0 Å². The average Bonchev–Trinajstić information content (AvgIpc) is 2.53. The highest BCUT2D eigenvalue weighted by Crippen LogP contribution is 2.35. The Hall–Kier alpha value is -2.40. The lowest BCUT2D eigenvalue weighted by molar-refractivity contribution is 0.191. The Morgan fingerprint density at radius 3 is 2.33 bits per heavy atom. The Kier molecular flexibility index (Phi) is 4.90. The second-order valence-corrected chi connectivity index (χ2v) is 4.60. The van der Waals surface area contributed by atoms with Crippen molar-refractivity contribution in [1.29, 1.82) is 0 Å². The Morgan fingerprint density at radius 1 is 1.10 bits per heavy atom. The fourth-order valence-electron chi connectivity index (χ4n) is 2.05. The number of methoxy groups -OCH3 is 2. The third-order valence-corrected chi connectivity index (χ3v) is 3.23. The van der Waals surface area contributed by atoms with Crippen molar-refractivity contribution in [2.45, 2.75) is 6.10 Å². The number of ether oxygens (including phenoxy) is 2. The van der Waals surface area contributed by atoms with Gasteiger partial charge in [-0.15, -0.1) is 0 Å². The zero-order chi connectivity index (χ0) is 15.2. The molecule has 0 fully saturated rings. The minimum absolute atomic E-state index is 0.351. The second-order valence-electron chi connectivity index (χ2n) is 4.60. The molecule has 5 nitrogen and oxygen atoms in total. The maximum atomic E-state index is 10.1. The normalized spacial score (nSPS) is 11.8. The third kappa shape index (κ3) is 3.58. The highest BCUT2D eigenvalue weighted by Gasteiger charge is 2.11. The van der Waals surface area contributed by atoms with Gasteiger partial charge in [0.2, 0.25) is 0 Å². The van der Waals surface area contributed by atoms with Crippen molar-refractivity contribution in [2.75, 3.05) is 31.8 Å². The van der Waals surface area contributed by atoms with Crippen LogP contribution < -0.4 is 20.5 Å². The summed E-state index contributed by atoms with van der Waals surface area (Å²) in [4.78, 5) is 0. The summed E-state index contributed by atoms with van der Waals surface area (Å²) >= 11 is 0. The first-order chi connectivity index (χ1) is 10.2. The van der Waals surface area contributed by atoms with E-state index >= 15 is 0 Å². The van der Waals surface area contributed by atoms with Crippen molar-refractivity contribution in [1.82, 2.24) is 0 Å². The summed E-state index contributed by atoms with van der Waals surface area (Å²) in [7, 11) is 3.13. The van der Waals surface area contributed by atoms with Crippen LogP contribution in [0.1, 0.15) is 11.7 Å². The monoisotopic (exact) mass is 288 g/mol. The molecule has 5 heteroatoms. The van der Waals surface area contributed by atoms with E-state index in [1.807, 2.05) is 30.3 Å². The van der Waals surface area contributed by atoms with Gasteiger partial charge in [0, 0.05) is 18.7 Å². The summed E-state index contributed by atoms with van der Waals surface area (Å²) in [5, 5.41) is 13.3. The molecule has 0 aliphatic rings. The predicted octanol–water partition coefficient (Wildman–Crippen LogP) is 2.43. The maximum Gasteiger partial charge on any atom is 0.162 e. The van der Waals surface area contributed by atoms with Gasteiger partial charge in [0.15, 0.2) is 11.5 Å². The van der Waals surface area contributed by atoms with E-state index < -0.39 is 6.10 Å². The van der Waals surface area contributed by atoms with Crippen molar-refractivity contribution in [3.8, 4) is 11.5 Å². The van der Waals surface area contributed by atoms with E-state index in [-0.39, 0.29) is 0 Å². The third-order valence-electron chi connectivity index (χ3n) is 3.23. The minimum Gasteiger partial charge on any atom is -0.493 e. The molecule has 21 heavy (non-hydrogen) atoms. The highest BCUT2D eigenvalue weighted by atomic mass is 16.5. The number of anilines is 2. The summed E-state index contributed by atoms with van der Waals surface area (Å²) in [5.41, 5.74) is 8.05. The highest BCUT2D eigenvalue weighted by molar-refractivity contribution is 5.72. The van der Waals surface area contributed by atoms with Crippen LogP contribution in [0.5, 0.6) is 11.5 Å². The zero-order valence-corrected chi connectivity index (χ0v) is 12.2. The molecule has 2 aromatic rings. The molecule has 0 saturated carbocycles. The van der Waals surface area contributed by atoms with Gasteiger partial charge < -0.3 is 25.6 Å². The average molecular weight is 288 g/mol. The number of rotatable bonds is 6. The Morgan fingerprint density at radius 2 is 1.71 bits per heavy atom. The Bertz CT molecular complexity index is 588. The number of nitrogens with two attached hydrogens (primary N) is 1. The maximum absolute atomic E-state index is 10.1. The lowest BCUT2D eigenvalue weighted by Crippen LogP contribution is -2.13. The summed E-state index contributed by atoms with van der Waals surface area (Å²) in [6.07, 6.45) is -0.612. The summed E-state index contributed by atoms with van der Waals surface area (Å²) in [6.45, 7) is 0.351. The van der Waals surface area contributed by atoms with Crippen LogP contribution in [-0.2, 0) is 0 Å². The Labute approximate surface area is 124 Å². The molecule has 112 valence electrons. The number of nitrogen functional groups attached to an aromatic ring is 1. The van der Waals surface area contributed by atoms with Crippen LogP contribution in [0.25, 0.3) is 0 Å². The van der Waals surface area contributed by atoms with Crippen LogP contribution >= 0.6 is 0 Å². The molecular weight excluding hydrogens is 268 g/mol. The van der Waals surface area contributed by atoms with Crippen LogP contribution in [0.4, 0.5) is 11.4 Å². The molecule has 0 saturated heterocycles. The van der Waals surface area contributed by atoms with Crippen LogP contribution in [0.15, 0.2) is 42.5 Å². The molecule has 0 heterocycles. The summed E-state index contributed by atoms with van der Waals surface area (Å²) in [6, 6.07) is 12.9. The molecule has 0 spiro atoms. The van der Waals surface area contributed by atoms with E-state index in [9.17, 15) is 5.11 Å². The molecule has 0 aromatic heterocycles. The van der Waals surface area contributed by atoms with E-state index in [1.54, 1.807) is 26.4 Å².